The molecule has 0 aromatic carbocycles. The molecule has 4 heterocycles. The Labute approximate surface area is 194 Å². The van der Waals surface area contributed by atoms with Crippen molar-refractivity contribution in [2.75, 3.05) is 16.8 Å². The summed E-state index contributed by atoms with van der Waals surface area (Å²) in [6.45, 7) is 10.0. The van der Waals surface area contributed by atoms with Crippen molar-refractivity contribution in [2.24, 2.45) is 10.7 Å². The van der Waals surface area contributed by atoms with Gasteiger partial charge in [-0.3, -0.25) is 23.9 Å². The highest BCUT2D eigenvalue weighted by Gasteiger charge is 2.32. The number of rotatable bonds is 6. The molecule has 1 amide bonds. The van der Waals surface area contributed by atoms with Gasteiger partial charge in [0.2, 0.25) is 5.95 Å². The van der Waals surface area contributed by atoms with E-state index in [2.05, 4.69) is 36.2 Å². The number of aliphatic imine (C=N–C) groups is 1. The van der Waals surface area contributed by atoms with E-state index in [1.165, 1.54) is 12.4 Å². The summed E-state index contributed by atoms with van der Waals surface area (Å²) in [6, 6.07) is 1.92. The summed E-state index contributed by atoms with van der Waals surface area (Å²) < 4.78 is 2.63. The first-order chi connectivity index (χ1) is 15.8. The fraction of sp³-hybridized carbons (Fsp3) is 0.273. The second-order valence-electron chi connectivity index (χ2n) is 7.91. The van der Waals surface area contributed by atoms with E-state index in [1.54, 1.807) is 11.1 Å². The van der Waals surface area contributed by atoms with Crippen molar-refractivity contribution < 1.29 is 4.79 Å². The second-order valence-corrected chi connectivity index (χ2v) is 8.72. The van der Waals surface area contributed by atoms with Gasteiger partial charge >= 0.3 is 0 Å². The third-order valence-electron chi connectivity index (χ3n) is 5.13. The van der Waals surface area contributed by atoms with E-state index in [0.717, 1.165) is 28.5 Å². The molecule has 1 unspecified atom stereocenters. The summed E-state index contributed by atoms with van der Waals surface area (Å²) in [5, 5.41) is 3.43. The first kappa shape index (κ1) is 22.3. The largest absolute Gasteiger partial charge is 0.383 e. The minimum atomic E-state index is -0.343. The molecule has 1 atom stereocenters. The van der Waals surface area contributed by atoms with Crippen LogP contribution >= 0.6 is 11.5 Å². The summed E-state index contributed by atoms with van der Waals surface area (Å²) in [7, 11) is 0. The summed E-state index contributed by atoms with van der Waals surface area (Å²) >= 11 is 1.07. The molecule has 33 heavy (non-hydrogen) atoms. The predicted octanol–water partition coefficient (Wildman–Crippen LogP) is 2.72. The topological polar surface area (TPSA) is 142 Å². The van der Waals surface area contributed by atoms with Crippen molar-refractivity contribution in [1.82, 2.24) is 19.3 Å². The maximum atomic E-state index is 13.2. The summed E-state index contributed by atoms with van der Waals surface area (Å²) in [5.41, 5.74) is 8.90. The first-order valence-electron chi connectivity index (χ1n) is 10.3. The number of amidine groups is 1. The number of fused-ring (bicyclic) bond motifs is 1. The van der Waals surface area contributed by atoms with Gasteiger partial charge in [-0.05, 0) is 43.9 Å². The van der Waals surface area contributed by atoms with Crippen molar-refractivity contribution in [1.29, 1.82) is 0 Å². The lowest BCUT2D eigenvalue weighted by molar-refractivity contribution is 0.0988. The highest BCUT2D eigenvalue weighted by Crippen LogP contribution is 2.37. The smallest absolute Gasteiger partial charge is 0.271 e. The van der Waals surface area contributed by atoms with E-state index in [9.17, 15) is 9.59 Å². The summed E-state index contributed by atoms with van der Waals surface area (Å²) in [5.74, 6) is 0.178. The molecule has 4 N–H and O–H groups in total. The average molecular weight is 465 g/mol. The highest BCUT2D eigenvalue weighted by molar-refractivity contribution is 7.10. The number of nitrogens with one attached hydrogen (secondary N) is 2. The fourth-order valence-electron chi connectivity index (χ4n) is 3.61. The van der Waals surface area contributed by atoms with E-state index >= 15 is 0 Å². The highest BCUT2D eigenvalue weighted by atomic mass is 32.1. The van der Waals surface area contributed by atoms with Crippen LogP contribution in [0.25, 0.3) is 0 Å². The molecule has 10 nitrogen and oxygen atoms in total. The number of hydrogen-bond donors (Lipinski definition) is 3. The molecular formula is C22H24N8O2S. The van der Waals surface area contributed by atoms with Gasteiger partial charge in [-0.1, -0.05) is 6.08 Å². The SMILES string of the molecule is C=CC1CN(C(=O)c2cnc(Nc3s[nH]c(=O)c3C(N)=NC(C)C)nc2)c2cnc(C)cc21. The molecule has 0 aliphatic carbocycles. The van der Waals surface area contributed by atoms with Gasteiger partial charge in [0.15, 0.2) is 0 Å². The molecule has 3 aromatic heterocycles. The van der Waals surface area contributed by atoms with Crippen LogP contribution in [-0.4, -0.2) is 43.7 Å². The Morgan fingerprint density at radius 3 is 2.76 bits per heavy atom. The molecule has 0 fully saturated rings. The standard InChI is InChI=1S/C22H24N8O2S/c1-5-13-10-30(16-9-24-12(4)6-15(13)16)21(32)14-7-25-22(26-8-14)28-20-17(19(31)29-33-20)18(23)27-11(2)3/h5-9,11,13H,1,10H2,2-4H3,(H2,23,27)(H,29,31)(H,25,26,28). The van der Waals surface area contributed by atoms with Gasteiger partial charge in [-0.25, -0.2) is 9.97 Å². The normalized spacial score (nSPS) is 15.6. The van der Waals surface area contributed by atoms with Crippen LogP contribution in [0.1, 0.15) is 46.9 Å². The fourth-order valence-corrected chi connectivity index (χ4v) is 4.35. The van der Waals surface area contributed by atoms with Gasteiger partial charge < -0.3 is 16.0 Å². The van der Waals surface area contributed by atoms with Gasteiger partial charge in [-0.15, -0.1) is 6.58 Å². The third kappa shape index (κ3) is 4.40. The van der Waals surface area contributed by atoms with E-state index in [4.69, 9.17) is 5.73 Å². The van der Waals surface area contributed by atoms with Gasteiger partial charge in [0, 0.05) is 36.6 Å². The monoisotopic (exact) mass is 464 g/mol. The zero-order valence-corrected chi connectivity index (χ0v) is 19.3. The number of H-pyrrole nitrogens is 1. The van der Waals surface area contributed by atoms with Crippen LogP contribution in [0.15, 0.2) is 47.1 Å². The molecule has 0 saturated heterocycles. The molecule has 0 saturated carbocycles. The first-order valence-corrected chi connectivity index (χ1v) is 11.1. The molecule has 1 aliphatic rings. The lowest BCUT2D eigenvalue weighted by Gasteiger charge is -2.17. The Bertz CT molecular complexity index is 1290. The van der Waals surface area contributed by atoms with E-state index in [0.29, 0.717) is 17.1 Å². The number of anilines is 3. The molecule has 4 rings (SSSR count). The molecule has 1 aliphatic heterocycles. The Balaban J connectivity index is 1.56. The lowest BCUT2D eigenvalue weighted by atomic mass is 10.0. The van der Waals surface area contributed by atoms with Crippen LogP contribution in [-0.2, 0) is 0 Å². The van der Waals surface area contributed by atoms with Gasteiger partial charge in [0.25, 0.3) is 11.5 Å². The number of aromatic nitrogens is 4. The summed E-state index contributed by atoms with van der Waals surface area (Å²) in [6.07, 6.45) is 6.44. The number of nitrogens with two attached hydrogens (primary N) is 1. The molecule has 11 heteroatoms. The number of aryl methyl sites for hydroxylation is 1. The lowest BCUT2D eigenvalue weighted by Crippen LogP contribution is -2.30. The molecule has 170 valence electrons. The third-order valence-corrected chi connectivity index (χ3v) is 5.93. The Morgan fingerprint density at radius 1 is 1.36 bits per heavy atom. The van der Waals surface area contributed by atoms with Crippen LogP contribution in [0.5, 0.6) is 0 Å². The molecule has 0 radical (unpaired) electrons. The van der Waals surface area contributed by atoms with Gasteiger partial charge in [-0.2, -0.15) is 0 Å². The number of aromatic amines is 1. The quantitative estimate of drug-likeness (QED) is 0.289. The van der Waals surface area contributed by atoms with Crippen LogP contribution < -0.4 is 21.5 Å². The van der Waals surface area contributed by atoms with E-state index in [-0.39, 0.29) is 40.8 Å². The molecule has 0 spiro atoms. The second kappa shape index (κ2) is 8.94. The van der Waals surface area contributed by atoms with Gasteiger partial charge in [0.05, 0.1) is 17.4 Å². The molecular weight excluding hydrogens is 440 g/mol. The Morgan fingerprint density at radius 2 is 2.09 bits per heavy atom. The number of hydrogen-bond acceptors (Lipinski definition) is 8. The minimum Gasteiger partial charge on any atom is -0.383 e. The summed E-state index contributed by atoms with van der Waals surface area (Å²) in [4.78, 5) is 44.1. The maximum Gasteiger partial charge on any atom is 0.271 e. The Hall–Kier alpha value is -3.86. The number of nitrogens with zero attached hydrogens (tertiary/aromatic N) is 5. The number of pyridine rings is 1. The predicted molar refractivity (Wildman–Crippen MR) is 130 cm³/mol. The van der Waals surface area contributed by atoms with Crippen LogP contribution in [0.4, 0.5) is 16.6 Å². The zero-order valence-electron chi connectivity index (χ0n) is 18.5. The van der Waals surface area contributed by atoms with Crippen LogP contribution in [0.3, 0.4) is 0 Å². The van der Waals surface area contributed by atoms with Crippen molar-refractivity contribution in [3.8, 4) is 0 Å². The van der Waals surface area contributed by atoms with E-state index < -0.39 is 0 Å². The number of carbonyl (C=O) groups is 1. The van der Waals surface area contributed by atoms with Gasteiger partial charge in [0.1, 0.15) is 16.4 Å². The molecule has 0 bridgehead atoms. The number of amides is 1. The average Bonchev–Trinajstić information content (AvgIpc) is 3.33. The van der Waals surface area contributed by atoms with Crippen molar-refractivity contribution >= 4 is 39.9 Å². The maximum absolute atomic E-state index is 13.2. The van der Waals surface area contributed by atoms with Crippen molar-refractivity contribution in [3.05, 3.63) is 70.0 Å². The van der Waals surface area contributed by atoms with E-state index in [1.807, 2.05) is 32.9 Å². The van der Waals surface area contributed by atoms with Crippen LogP contribution in [0.2, 0.25) is 0 Å². The minimum absolute atomic E-state index is 0.0419. The van der Waals surface area contributed by atoms with Crippen LogP contribution in [0, 0.1) is 6.92 Å². The van der Waals surface area contributed by atoms with Crippen molar-refractivity contribution in [3.63, 3.8) is 0 Å². The Kier molecular flexibility index (Phi) is 6.05. The molecule has 3 aromatic rings. The van der Waals surface area contributed by atoms with Crippen molar-refractivity contribution in [2.45, 2.75) is 32.7 Å². The zero-order chi connectivity index (χ0) is 23.7. The number of carbonyl (C=O) groups excluding carboxylic acids is 1.